The lowest BCUT2D eigenvalue weighted by atomic mass is 9.89. The predicted molar refractivity (Wildman–Crippen MR) is 148 cm³/mol. The highest BCUT2D eigenvalue weighted by atomic mass is 35.5. The zero-order valence-corrected chi connectivity index (χ0v) is 23.8. The number of piperidine rings is 1. The molecule has 0 unspecified atom stereocenters. The molecule has 2 aliphatic rings. The molecule has 0 aromatic heterocycles. The summed E-state index contributed by atoms with van der Waals surface area (Å²) in [6.45, 7) is 1.58. The van der Waals surface area contributed by atoms with Gasteiger partial charge in [0, 0.05) is 36.3 Å². The van der Waals surface area contributed by atoms with Crippen molar-refractivity contribution in [3.05, 3.63) is 47.0 Å². The second kappa shape index (κ2) is 12.6. The molecule has 0 bridgehead atoms. The number of halogens is 1. The highest BCUT2D eigenvalue weighted by Gasteiger charge is 2.42. The van der Waals surface area contributed by atoms with Crippen LogP contribution in [-0.4, -0.2) is 87.8 Å². The van der Waals surface area contributed by atoms with Crippen LogP contribution in [0.5, 0.6) is 17.2 Å². The van der Waals surface area contributed by atoms with Gasteiger partial charge in [0.2, 0.25) is 5.75 Å². The lowest BCUT2D eigenvalue weighted by Gasteiger charge is -2.38. The SMILES string of the molecule is COc1cc(NC(=O)N[C@H]2CN(S(=O)(=O)O)C[C@@H]2N2CCC(Cc3ccc(Cl)cc3)CC2)cc(OC)c1OC. The number of hydrogen-bond donors (Lipinski definition) is 3. The Morgan fingerprint density at radius 3 is 2.18 bits per heavy atom. The predicted octanol–water partition coefficient (Wildman–Crippen LogP) is 3.30. The minimum Gasteiger partial charge on any atom is -0.493 e. The summed E-state index contributed by atoms with van der Waals surface area (Å²) in [5.74, 6) is 1.65. The molecule has 11 nitrogen and oxygen atoms in total. The van der Waals surface area contributed by atoms with Gasteiger partial charge in [0.1, 0.15) is 0 Å². The lowest BCUT2D eigenvalue weighted by molar-refractivity contribution is 0.124. The minimum absolute atomic E-state index is 0.0309. The number of urea groups is 1. The van der Waals surface area contributed by atoms with Crippen LogP contribution in [0, 0.1) is 5.92 Å². The second-order valence-corrected chi connectivity index (χ2v) is 11.6. The Hall–Kier alpha value is -2.77. The maximum absolute atomic E-state index is 13.0. The standard InChI is InChI=1S/C26H35ClN4O7S/c1-36-23-13-20(14-24(37-2)25(23)38-3)28-26(32)29-21-15-31(39(33,34)35)16-22(21)30-10-8-18(9-11-30)12-17-4-6-19(27)7-5-17/h4-7,13-14,18,21-22H,8-12,15-16H2,1-3H3,(H2,28,29,32)(H,33,34,35)/t21-,22-/m0/s1. The summed E-state index contributed by atoms with van der Waals surface area (Å²) in [5.41, 5.74) is 1.64. The van der Waals surface area contributed by atoms with E-state index >= 15 is 0 Å². The van der Waals surface area contributed by atoms with Gasteiger partial charge in [0.05, 0.1) is 33.1 Å². The third-order valence-corrected chi connectivity index (χ3v) is 8.58. The molecule has 2 atom stereocenters. The van der Waals surface area contributed by atoms with Gasteiger partial charge in [-0.05, 0) is 56.0 Å². The number of rotatable bonds is 9. The Morgan fingerprint density at radius 2 is 1.64 bits per heavy atom. The van der Waals surface area contributed by atoms with Crippen molar-refractivity contribution in [1.29, 1.82) is 0 Å². The smallest absolute Gasteiger partial charge is 0.336 e. The van der Waals surface area contributed by atoms with Crippen LogP contribution in [-0.2, 0) is 16.7 Å². The highest BCUT2D eigenvalue weighted by molar-refractivity contribution is 7.83. The second-order valence-electron chi connectivity index (χ2n) is 9.79. The van der Waals surface area contributed by atoms with Crippen molar-refractivity contribution >= 4 is 33.6 Å². The van der Waals surface area contributed by atoms with Gasteiger partial charge in [-0.3, -0.25) is 9.45 Å². The zero-order valence-electron chi connectivity index (χ0n) is 22.2. The number of carbonyl (C=O) groups excluding carboxylic acids is 1. The van der Waals surface area contributed by atoms with E-state index in [1.165, 1.54) is 26.9 Å². The fraction of sp³-hybridized carbons (Fsp3) is 0.500. The van der Waals surface area contributed by atoms with Crippen LogP contribution < -0.4 is 24.8 Å². The van der Waals surface area contributed by atoms with Crippen molar-refractivity contribution in [2.45, 2.75) is 31.3 Å². The summed E-state index contributed by atoms with van der Waals surface area (Å²) >= 11 is 6.00. The van der Waals surface area contributed by atoms with Gasteiger partial charge in [0.15, 0.2) is 11.5 Å². The zero-order chi connectivity index (χ0) is 28.2. The highest BCUT2D eigenvalue weighted by Crippen LogP contribution is 2.40. The molecular weight excluding hydrogens is 548 g/mol. The number of likely N-dealkylation sites (tertiary alicyclic amines) is 1. The molecule has 0 radical (unpaired) electrons. The molecule has 0 saturated carbocycles. The molecule has 2 heterocycles. The first-order chi connectivity index (χ1) is 18.6. The Balaban J connectivity index is 1.42. The number of ether oxygens (including phenoxy) is 3. The summed E-state index contributed by atoms with van der Waals surface area (Å²) in [5, 5.41) is 6.38. The molecule has 2 aliphatic heterocycles. The van der Waals surface area contributed by atoms with Gasteiger partial charge in [-0.15, -0.1) is 0 Å². The van der Waals surface area contributed by atoms with Gasteiger partial charge in [-0.25, -0.2) is 4.79 Å². The summed E-state index contributed by atoms with van der Waals surface area (Å²) < 4.78 is 50.6. The Labute approximate surface area is 234 Å². The van der Waals surface area contributed by atoms with Crippen molar-refractivity contribution in [3.8, 4) is 17.2 Å². The topological polar surface area (TPSA) is 130 Å². The van der Waals surface area contributed by atoms with Crippen molar-refractivity contribution in [1.82, 2.24) is 14.5 Å². The van der Waals surface area contributed by atoms with Gasteiger partial charge in [-0.1, -0.05) is 23.7 Å². The fourth-order valence-corrected chi connectivity index (χ4v) is 6.20. The Kier molecular flexibility index (Phi) is 9.44. The maximum atomic E-state index is 13.0. The van der Waals surface area contributed by atoms with Gasteiger partial charge >= 0.3 is 16.3 Å². The van der Waals surface area contributed by atoms with Crippen LogP contribution in [0.3, 0.4) is 0 Å². The van der Waals surface area contributed by atoms with E-state index in [2.05, 4.69) is 15.5 Å². The van der Waals surface area contributed by atoms with E-state index in [0.29, 0.717) is 33.9 Å². The van der Waals surface area contributed by atoms with E-state index in [4.69, 9.17) is 25.8 Å². The third kappa shape index (κ3) is 7.25. The van der Waals surface area contributed by atoms with Gasteiger partial charge in [-0.2, -0.15) is 12.7 Å². The van der Waals surface area contributed by atoms with E-state index in [-0.39, 0.29) is 19.1 Å². The molecular formula is C26H35ClN4O7S. The quantitative estimate of drug-likeness (QED) is 0.384. The van der Waals surface area contributed by atoms with Crippen molar-refractivity contribution in [2.75, 3.05) is 52.8 Å². The number of nitrogens with zero attached hydrogens (tertiary/aromatic N) is 2. The number of hydrogen-bond acceptors (Lipinski definition) is 7. The minimum atomic E-state index is -4.41. The number of methoxy groups -OCH3 is 3. The number of anilines is 1. The fourth-order valence-electron chi connectivity index (χ4n) is 5.38. The Morgan fingerprint density at radius 1 is 1.03 bits per heavy atom. The number of nitrogens with one attached hydrogen (secondary N) is 2. The monoisotopic (exact) mass is 582 g/mol. The molecule has 2 aromatic rings. The summed E-state index contributed by atoms with van der Waals surface area (Å²) in [7, 11) is 0.0407. The number of amides is 2. The summed E-state index contributed by atoms with van der Waals surface area (Å²) in [4.78, 5) is 15.2. The molecule has 2 fully saturated rings. The van der Waals surface area contributed by atoms with Crippen LogP contribution in [0.15, 0.2) is 36.4 Å². The van der Waals surface area contributed by atoms with Crippen LogP contribution in [0.2, 0.25) is 5.02 Å². The molecule has 13 heteroatoms. The first kappa shape index (κ1) is 29.2. The molecule has 0 spiro atoms. The maximum Gasteiger partial charge on any atom is 0.336 e. The van der Waals surface area contributed by atoms with E-state index < -0.39 is 22.4 Å². The average molecular weight is 583 g/mol. The molecule has 2 aromatic carbocycles. The van der Waals surface area contributed by atoms with Crippen LogP contribution in [0.1, 0.15) is 18.4 Å². The number of carbonyl (C=O) groups is 1. The average Bonchev–Trinajstić information content (AvgIpc) is 3.34. The molecule has 2 amide bonds. The third-order valence-electron chi connectivity index (χ3n) is 7.38. The number of benzene rings is 2. The molecule has 4 rings (SSSR count). The van der Waals surface area contributed by atoms with Crippen molar-refractivity contribution in [2.24, 2.45) is 5.92 Å². The van der Waals surface area contributed by atoms with Crippen LogP contribution in [0.4, 0.5) is 10.5 Å². The normalized spacial score (nSPS) is 20.9. The molecule has 3 N–H and O–H groups in total. The van der Waals surface area contributed by atoms with Crippen LogP contribution in [0.25, 0.3) is 0 Å². The van der Waals surface area contributed by atoms with Crippen molar-refractivity contribution in [3.63, 3.8) is 0 Å². The largest absolute Gasteiger partial charge is 0.493 e. The first-order valence-corrected chi connectivity index (χ1v) is 14.5. The van der Waals surface area contributed by atoms with Gasteiger partial charge in [0.25, 0.3) is 0 Å². The van der Waals surface area contributed by atoms with Crippen molar-refractivity contribution < 1.29 is 32.0 Å². The summed E-state index contributed by atoms with van der Waals surface area (Å²) in [6, 6.07) is 9.75. The van der Waals surface area contributed by atoms with Gasteiger partial charge < -0.3 is 24.8 Å². The van der Waals surface area contributed by atoms with E-state index in [1.807, 2.05) is 24.3 Å². The first-order valence-electron chi connectivity index (χ1n) is 12.7. The van der Waals surface area contributed by atoms with E-state index in [1.54, 1.807) is 12.1 Å². The van der Waals surface area contributed by atoms with E-state index in [9.17, 15) is 17.8 Å². The Bertz CT molecular complexity index is 1230. The lowest BCUT2D eigenvalue weighted by Crippen LogP contribution is -2.54. The molecule has 214 valence electrons. The molecule has 2 saturated heterocycles. The van der Waals surface area contributed by atoms with E-state index in [0.717, 1.165) is 36.7 Å². The van der Waals surface area contributed by atoms with Crippen LogP contribution >= 0.6 is 11.6 Å². The molecule has 0 aliphatic carbocycles. The summed E-state index contributed by atoms with van der Waals surface area (Å²) in [6.07, 6.45) is 2.83. The molecule has 39 heavy (non-hydrogen) atoms.